The van der Waals surface area contributed by atoms with Gasteiger partial charge in [-0.25, -0.2) is 0 Å². The summed E-state index contributed by atoms with van der Waals surface area (Å²) < 4.78 is 1.97. The lowest BCUT2D eigenvalue weighted by atomic mass is 10.0. The van der Waals surface area contributed by atoms with Crippen molar-refractivity contribution in [3.63, 3.8) is 0 Å². The summed E-state index contributed by atoms with van der Waals surface area (Å²) in [7, 11) is 0. The van der Waals surface area contributed by atoms with Crippen LogP contribution in [0.5, 0.6) is 0 Å². The molecule has 0 fully saturated rings. The van der Waals surface area contributed by atoms with Crippen LogP contribution in [0.1, 0.15) is 0 Å². The first-order valence-corrected chi connectivity index (χ1v) is 12.3. The van der Waals surface area contributed by atoms with Crippen LogP contribution in [-0.4, -0.2) is 9.97 Å². The maximum atomic E-state index is 13.7. The van der Waals surface area contributed by atoms with Gasteiger partial charge in [0.2, 0.25) is 0 Å². The maximum absolute atomic E-state index is 13.7. The molecule has 4 aromatic carbocycles. The van der Waals surface area contributed by atoms with Gasteiger partial charge in [-0.05, 0) is 59.7 Å². The topological polar surface area (TPSA) is 42.9 Å². The fourth-order valence-electron chi connectivity index (χ4n) is 4.67. The van der Waals surface area contributed by atoms with Crippen LogP contribution >= 0.6 is 11.3 Å². The van der Waals surface area contributed by atoms with E-state index in [0.29, 0.717) is 0 Å². The third-order valence-corrected chi connectivity index (χ3v) is 7.67. The number of fused-ring (bicyclic) bond motifs is 4. The summed E-state index contributed by atoms with van der Waals surface area (Å²) in [6.45, 7) is 0. The fraction of sp³-hybridized carbons (Fsp3) is 0. The Morgan fingerprint density at radius 2 is 1.00 bits per heavy atom. The molecule has 35 heavy (non-hydrogen) atoms. The molecule has 0 aliphatic carbocycles. The molecule has 0 unspecified atom stereocenters. The quantitative estimate of drug-likeness (QED) is 0.244. The van der Waals surface area contributed by atoms with Gasteiger partial charge in [0.1, 0.15) is 0 Å². The molecule has 0 aliphatic heterocycles. The summed E-state index contributed by atoms with van der Waals surface area (Å²) in [6, 6.07) is 32.6. The standard InChI is InChI=1S/C31H18N2OS/c34-31-25-15-19(23-13-21-5-1-3-7-27(21)32-17-23)9-11-29(25)35-30-12-10-20(16-26(30)31)24-14-22-6-2-4-8-28(22)33-18-24/h1-18H. The highest BCUT2D eigenvalue weighted by molar-refractivity contribution is 7.24. The van der Waals surface area contributed by atoms with E-state index in [1.807, 2.05) is 73.1 Å². The van der Waals surface area contributed by atoms with E-state index >= 15 is 0 Å². The van der Waals surface area contributed by atoms with Crippen LogP contribution in [0.15, 0.2) is 114 Å². The second-order valence-corrected chi connectivity index (χ2v) is 9.77. The molecule has 0 N–H and O–H groups in total. The summed E-state index contributed by atoms with van der Waals surface area (Å²) in [5.41, 5.74) is 5.98. The van der Waals surface area contributed by atoms with Gasteiger partial charge in [-0.15, -0.1) is 11.3 Å². The zero-order valence-electron chi connectivity index (χ0n) is 18.6. The molecule has 0 bridgehead atoms. The van der Waals surface area contributed by atoms with E-state index in [1.165, 1.54) is 0 Å². The van der Waals surface area contributed by atoms with Gasteiger partial charge in [-0.2, -0.15) is 0 Å². The number of aromatic nitrogens is 2. The third kappa shape index (κ3) is 3.38. The lowest BCUT2D eigenvalue weighted by Crippen LogP contribution is -2.01. The molecular weight excluding hydrogens is 448 g/mol. The van der Waals surface area contributed by atoms with E-state index in [9.17, 15) is 4.79 Å². The Labute approximate surface area is 205 Å². The fourth-order valence-corrected chi connectivity index (χ4v) is 5.71. The Bertz CT molecular complexity index is 1850. The van der Waals surface area contributed by atoms with Crippen molar-refractivity contribution in [2.24, 2.45) is 0 Å². The second kappa shape index (κ2) is 7.83. The van der Waals surface area contributed by atoms with Crippen molar-refractivity contribution < 1.29 is 0 Å². The van der Waals surface area contributed by atoms with E-state index < -0.39 is 0 Å². The minimum Gasteiger partial charge on any atom is -0.289 e. The summed E-state index contributed by atoms with van der Waals surface area (Å²) in [5.74, 6) is 0. The highest BCUT2D eigenvalue weighted by atomic mass is 32.1. The van der Waals surface area contributed by atoms with Crippen LogP contribution in [0, 0.1) is 0 Å². The van der Waals surface area contributed by atoms with Gasteiger partial charge in [0.05, 0.1) is 11.0 Å². The monoisotopic (exact) mass is 466 g/mol. The van der Waals surface area contributed by atoms with Crippen molar-refractivity contribution in [1.29, 1.82) is 0 Å². The van der Waals surface area contributed by atoms with Gasteiger partial charge in [-0.3, -0.25) is 14.8 Å². The number of para-hydroxylation sites is 2. The van der Waals surface area contributed by atoms with Crippen molar-refractivity contribution in [2.75, 3.05) is 0 Å². The molecule has 3 aromatic heterocycles. The van der Waals surface area contributed by atoms with Crippen molar-refractivity contribution in [1.82, 2.24) is 9.97 Å². The van der Waals surface area contributed by atoms with E-state index in [-0.39, 0.29) is 5.43 Å². The maximum Gasteiger partial charge on any atom is 0.195 e. The Balaban J connectivity index is 1.39. The summed E-state index contributed by atoms with van der Waals surface area (Å²) >= 11 is 1.65. The Hall–Kier alpha value is -4.41. The van der Waals surface area contributed by atoms with E-state index in [2.05, 4.69) is 46.4 Å². The van der Waals surface area contributed by atoms with Crippen LogP contribution in [0.25, 0.3) is 64.2 Å². The predicted molar refractivity (Wildman–Crippen MR) is 147 cm³/mol. The smallest absolute Gasteiger partial charge is 0.195 e. The number of nitrogens with zero attached hydrogens (tertiary/aromatic N) is 2. The van der Waals surface area contributed by atoms with Gasteiger partial charge in [0, 0.05) is 54.5 Å². The van der Waals surface area contributed by atoms with Crippen LogP contribution < -0.4 is 5.43 Å². The minimum absolute atomic E-state index is 0.0555. The average molecular weight is 467 g/mol. The SMILES string of the molecule is O=c1c2cc(-c3cnc4ccccc4c3)ccc2sc2ccc(-c3cnc4ccccc4c3)cc12. The largest absolute Gasteiger partial charge is 0.289 e. The van der Waals surface area contributed by atoms with E-state index in [0.717, 1.165) is 64.2 Å². The lowest BCUT2D eigenvalue weighted by Gasteiger charge is -2.08. The van der Waals surface area contributed by atoms with Gasteiger partial charge >= 0.3 is 0 Å². The van der Waals surface area contributed by atoms with Crippen LogP contribution in [-0.2, 0) is 0 Å². The minimum atomic E-state index is 0.0555. The molecule has 0 saturated heterocycles. The summed E-state index contributed by atoms with van der Waals surface area (Å²) in [6.07, 6.45) is 3.76. The molecule has 0 radical (unpaired) electrons. The van der Waals surface area contributed by atoms with Crippen molar-refractivity contribution in [3.8, 4) is 22.3 Å². The first-order chi connectivity index (χ1) is 17.2. The Morgan fingerprint density at radius 1 is 0.514 bits per heavy atom. The first-order valence-electron chi connectivity index (χ1n) is 11.4. The second-order valence-electron chi connectivity index (χ2n) is 8.69. The summed E-state index contributed by atoms with van der Waals surface area (Å²) in [4.78, 5) is 22.8. The predicted octanol–water partition coefficient (Wildman–Crippen LogP) is 7.85. The number of hydrogen-bond acceptors (Lipinski definition) is 4. The molecule has 3 nitrogen and oxygen atoms in total. The molecular formula is C31H18N2OS. The molecule has 0 spiro atoms. The van der Waals surface area contributed by atoms with Crippen molar-refractivity contribution >= 4 is 53.3 Å². The molecule has 164 valence electrons. The molecule has 0 atom stereocenters. The van der Waals surface area contributed by atoms with Gasteiger partial charge in [-0.1, -0.05) is 48.5 Å². The van der Waals surface area contributed by atoms with Crippen LogP contribution in [0.3, 0.4) is 0 Å². The van der Waals surface area contributed by atoms with Crippen LogP contribution in [0.4, 0.5) is 0 Å². The van der Waals surface area contributed by atoms with Crippen molar-refractivity contribution in [2.45, 2.75) is 0 Å². The highest BCUT2D eigenvalue weighted by Gasteiger charge is 2.11. The molecule has 0 amide bonds. The normalized spacial score (nSPS) is 11.5. The number of pyridine rings is 2. The lowest BCUT2D eigenvalue weighted by molar-refractivity contribution is 1.41. The Morgan fingerprint density at radius 3 is 1.51 bits per heavy atom. The Kier molecular flexibility index (Phi) is 4.47. The first kappa shape index (κ1) is 20.0. The van der Waals surface area contributed by atoms with Gasteiger partial charge in [0.15, 0.2) is 5.43 Å². The zero-order valence-corrected chi connectivity index (χ0v) is 19.4. The van der Waals surface area contributed by atoms with Gasteiger partial charge in [0.25, 0.3) is 0 Å². The van der Waals surface area contributed by atoms with E-state index in [4.69, 9.17) is 0 Å². The average Bonchev–Trinajstić information content (AvgIpc) is 2.92. The zero-order chi connectivity index (χ0) is 23.4. The number of benzene rings is 4. The van der Waals surface area contributed by atoms with E-state index in [1.54, 1.807) is 11.3 Å². The van der Waals surface area contributed by atoms with Crippen LogP contribution in [0.2, 0.25) is 0 Å². The highest BCUT2D eigenvalue weighted by Crippen LogP contribution is 2.32. The number of rotatable bonds is 2. The third-order valence-electron chi connectivity index (χ3n) is 6.52. The molecule has 0 aliphatic rings. The molecule has 4 heteroatoms. The number of hydrogen-bond donors (Lipinski definition) is 0. The van der Waals surface area contributed by atoms with Crippen molar-refractivity contribution in [3.05, 3.63) is 120 Å². The molecule has 3 heterocycles. The molecule has 7 aromatic rings. The molecule has 0 saturated carbocycles. The summed E-state index contributed by atoms with van der Waals surface area (Å²) in [5, 5.41) is 3.65. The molecule has 7 rings (SSSR count). The van der Waals surface area contributed by atoms with Gasteiger partial charge < -0.3 is 0 Å².